The fourth-order valence-corrected chi connectivity index (χ4v) is 5.83. The number of imidazole rings is 1. The van der Waals surface area contributed by atoms with Gasteiger partial charge in [-0.2, -0.15) is 0 Å². The number of amides is 1. The Hall–Kier alpha value is -2.77. The minimum Gasteiger partial charge on any atom is -0.341 e. The van der Waals surface area contributed by atoms with Crippen LogP contribution in [0.2, 0.25) is 10.0 Å². The van der Waals surface area contributed by atoms with E-state index >= 15 is 0 Å². The Bertz CT molecular complexity index is 1460. The number of nitrogens with one attached hydrogen (secondary N) is 1. The molecule has 206 valence electrons. The normalized spacial score (nSPS) is 15.2. The summed E-state index contributed by atoms with van der Waals surface area (Å²) < 4.78 is 1.93. The van der Waals surface area contributed by atoms with Crippen LogP contribution in [0.3, 0.4) is 0 Å². The molecule has 1 saturated heterocycles. The fourth-order valence-electron chi connectivity index (χ4n) is 5.52. The van der Waals surface area contributed by atoms with E-state index in [1.165, 1.54) is 0 Å². The second-order valence-electron chi connectivity index (χ2n) is 10.1. The van der Waals surface area contributed by atoms with Gasteiger partial charge in [0, 0.05) is 44.2 Å². The molecule has 0 unspecified atom stereocenters. The number of hydrogen-bond donors (Lipinski definition) is 1. The van der Waals surface area contributed by atoms with E-state index in [2.05, 4.69) is 9.88 Å². The van der Waals surface area contributed by atoms with Crippen molar-refractivity contribution in [1.82, 2.24) is 19.4 Å². The van der Waals surface area contributed by atoms with Gasteiger partial charge >= 0.3 is 5.69 Å². The molecule has 1 aliphatic rings. The Balaban J connectivity index is 0.00000353. The molecule has 1 N–H and O–H groups in total. The number of rotatable bonds is 8. The molecule has 5 rings (SSSR count). The third-order valence-electron chi connectivity index (χ3n) is 7.62. The van der Waals surface area contributed by atoms with E-state index in [-0.39, 0.29) is 36.0 Å². The number of carbonyl (C=O) groups is 1. The molecule has 1 fully saturated rings. The number of fused-ring (bicyclic) bond motifs is 1. The van der Waals surface area contributed by atoms with Gasteiger partial charge in [-0.3, -0.25) is 9.36 Å². The van der Waals surface area contributed by atoms with Crippen molar-refractivity contribution in [2.45, 2.75) is 31.2 Å². The number of para-hydroxylation sites is 2. The summed E-state index contributed by atoms with van der Waals surface area (Å²) in [5.41, 5.74) is 3.58. The number of aromatic amines is 1. The lowest BCUT2D eigenvalue weighted by Gasteiger charge is -2.34. The van der Waals surface area contributed by atoms with Crippen LogP contribution in [-0.2, 0) is 0 Å². The van der Waals surface area contributed by atoms with E-state index in [9.17, 15) is 9.59 Å². The van der Waals surface area contributed by atoms with Gasteiger partial charge < -0.3 is 14.8 Å². The zero-order chi connectivity index (χ0) is 26.6. The van der Waals surface area contributed by atoms with E-state index in [0.29, 0.717) is 22.2 Å². The van der Waals surface area contributed by atoms with E-state index < -0.39 is 0 Å². The van der Waals surface area contributed by atoms with E-state index in [1.807, 2.05) is 84.4 Å². The molecule has 0 aliphatic carbocycles. The topological polar surface area (TPSA) is 61.3 Å². The zero-order valence-corrected chi connectivity index (χ0v) is 24.2. The summed E-state index contributed by atoms with van der Waals surface area (Å²) in [5, 5.41) is 1.05. The molecule has 1 aromatic heterocycles. The van der Waals surface area contributed by atoms with Crippen molar-refractivity contribution < 1.29 is 4.79 Å². The van der Waals surface area contributed by atoms with E-state index in [0.717, 1.165) is 55.5 Å². The Morgan fingerprint density at radius 1 is 1.00 bits per heavy atom. The van der Waals surface area contributed by atoms with Gasteiger partial charge in [0.05, 0.1) is 21.1 Å². The second kappa shape index (κ2) is 13.1. The van der Waals surface area contributed by atoms with Gasteiger partial charge in [-0.1, -0.05) is 59.6 Å². The van der Waals surface area contributed by atoms with Crippen LogP contribution in [0.25, 0.3) is 11.0 Å². The summed E-state index contributed by atoms with van der Waals surface area (Å²) in [6.07, 6.45) is 2.72. The summed E-state index contributed by atoms with van der Waals surface area (Å²) in [4.78, 5) is 32.9. The third-order valence-corrected chi connectivity index (χ3v) is 8.36. The standard InChI is InChI=1S/C30H32Cl2N4O2.ClH/c1-34(29(37)21-7-3-2-4-8-21)20-23(22-11-12-25(31)26(32)19-22)13-16-35-17-14-24(15-18-35)36-28-10-6-5-9-27(28)33-30(36)38;/h2-12,19,23-24H,13-18,20H2,1H3,(H,33,38);1H/t23-;/m1./s1. The third kappa shape index (κ3) is 6.69. The van der Waals surface area contributed by atoms with Crippen molar-refractivity contribution >= 4 is 52.5 Å². The van der Waals surface area contributed by atoms with Crippen molar-refractivity contribution in [3.8, 4) is 0 Å². The Morgan fingerprint density at radius 3 is 2.41 bits per heavy atom. The highest BCUT2D eigenvalue weighted by molar-refractivity contribution is 6.42. The highest BCUT2D eigenvalue weighted by atomic mass is 35.5. The molecule has 39 heavy (non-hydrogen) atoms. The fraction of sp³-hybridized carbons (Fsp3) is 0.333. The lowest BCUT2D eigenvalue weighted by atomic mass is 9.94. The van der Waals surface area contributed by atoms with Gasteiger partial charge in [0.1, 0.15) is 0 Å². The van der Waals surface area contributed by atoms with Crippen LogP contribution in [0, 0.1) is 0 Å². The molecule has 0 radical (unpaired) electrons. The quantitative estimate of drug-likeness (QED) is 0.251. The summed E-state index contributed by atoms with van der Waals surface area (Å²) in [6.45, 7) is 3.31. The number of benzene rings is 3. The minimum absolute atomic E-state index is 0. The van der Waals surface area contributed by atoms with Crippen molar-refractivity contribution in [1.29, 1.82) is 0 Å². The lowest BCUT2D eigenvalue weighted by Crippen LogP contribution is -2.38. The highest BCUT2D eigenvalue weighted by Crippen LogP contribution is 2.30. The molecule has 2 heterocycles. The maximum Gasteiger partial charge on any atom is 0.326 e. The highest BCUT2D eigenvalue weighted by Gasteiger charge is 2.25. The predicted octanol–water partition coefficient (Wildman–Crippen LogP) is 6.64. The molecular weight excluding hydrogens is 555 g/mol. The van der Waals surface area contributed by atoms with Gasteiger partial charge in [0.25, 0.3) is 5.91 Å². The summed E-state index contributed by atoms with van der Waals surface area (Å²) in [5.74, 6) is 0.108. The molecular formula is C30H33Cl3N4O2. The number of carbonyl (C=O) groups excluding carboxylic acids is 1. The molecule has 0 spiro atoms. The number of halogens is 3. The number of aromatic nitrogens is 2. The molecule has 0 bridgehead atoms. The summed E-state index contributed by atoms with van der Waals surface area (Å²) in [7, 11) is 1.85. The van der Waals surface area contributed by atoms with Crippen molar-refractivity contribution in [3.05, 3.63) is 104 Å². The molecule has 1 atom stereocenters. The first-order valence-electron chi connectivity index (χ1n) is 13.1. The Kier molecular flexibility index (Phi) is 9.78. The summed E-state index contributed by atoms with van der Waals surface area (Å²) >= 11 is 12.6. The molecule has 1 aliphatic heterocycles. The molecule has 3 aromatic carbocycles. The zero-order valence-electron chi connectivity index (χ0n) is 21.9. The SMILES string of the molecule is CN(C[C@@H](CCN1CCC(n2c(=O)[nH]c3ccccc32)CC1)c1ccc(Cl)c(Cl)c1)C(=O)c1ccccc1.Cl. The average Bonchev–Trinajstić information content (AvgIpc) is 3.28. The van der Waals surface area contributed by atoms with Crippen LogP contribution >= 0.6 is 35.6 Å². The minimum atomic E-state index is -0.0320. The number of likely N-dealkylation sites (N-methyl/N-ethyl adjacent to an activating group) is 1. The number of nitrogens with zero attached hydrogens (tertiary/aromatic N) is 3. The van der Waals surface area contributed by atoms with Crippen LogP contribution in [0.15, 0.2) is 77.6 Å². The first kappa shape index (κ1) is 29.2. The monoisotopic (exact) mass is 586 g/mol. The smallest absolute Gasteiger partial charge is 0.326 e. The van der Waals surface area contributed by atoms with Crippen LogP contribution in [0.1, 0.15) is 47.1 Å². The van der Waals surface area contributed by atoms with Crippen molar-refractivity contribution in [2.75, 3.05) is 33.2 Å². The van der Waals surface area contributed by atoms with Crippen molar-refractivity contribution in [2.24, 2.45) is 0 Å². The Morgan fingerprint density at radius 2 is 1.69 bits per heavy atom. The average molecular weight is 588 g/mol. The number of hydrogen-bond acceptors (Lipinski definition) is 3. The molecule has 4 aromatic rings. The van der Waals surface area contributed by atoms with Crippen LogP contribution < -0.4 is 5.69 Å². The summed E-state index contributed by atoms with van der Waals surface area (Å²) in [6, 6.07) is 23.2. The largest absolute Gasteiger partial charge is 0.341 e. The van der Waals surface area contributed by atoms with Gasteiger partial charge in [0.2, 0.25) is 0 Å². The second-order valence-corrected chi connectivity index (χ2v) is 10.9. The molecule has 1 amide bonds. The number of piperidine rings is 1. The Labute approximate surface area is 244 Å². The van der Waals surface area contributed by atoms with E-state index in [4.69, 9.17) is 23.2 Å². The van der Waals surface area contributed by atoms with Gasteiger partial charge in [0.15, 0.2) is 0 Å². The van der Waals surface area contributed by atoms with Gasteiger partial charge in [-0.25, -0.2) is 4.79 Å². The van der Waals surface area contributed by atoms with E-state index in [1.54, 1.807) is 4.90 Å². The predicted molar refractivity (Wildman–Crippen MR) is 162 cm³/mol. The maximum atomic E-state index is 13.0. The van der Waals surface area contributed by atoms with Crippen LogP contribution in [0.4, 0.5) is 0 Å². The number of H-pyrrole nitrogens is 1. The van der Waals surface area contributed by atoms with Crippen LogP contribution in [0.5, 0.6) is 0 Å². The number of likely N-dealkylation sites (tertiary alicyclic amines) is 1. The molecule has 6 nitrogen and oxygen atoms in total. The molecule has 0 saturated carbocycles. The first-order chi connectivity index (χ1) is 18.4. The molecule has 9 heteroatoms. The first-order valence-corrected chi connectivity index (χ1v) is 13.8. The maximum absolute atomic E-state index is 13.0. The van der Waals surface area contributed by atoms with Crippen LogP contribution in [-0.4, -0.2) is 58.5 Å². The van der Waals surface area contributed by atoms with Gasteiger partial charge in [-0.05, 0) is 67.8 Å². The van der Waals surface area contributed by atoms with Crippen molar-refractivity contribution in [3.63, 3.8) is 0 Å². The lowest BCUT2D eigenvalue weighted by molar-refractivity contribution is 0.0781. The van der Waals surface area contributed by atoms with Gasteiger partial charge in [-0.15, -0.1) is 12.4 Å².